The van der Waals surface area contributed by atoms with Gasteiger partial charge in [-0.2, -0.15) is 0 Å². The molecular formula is C12H18N2O3. The third-order valence-electron chi connectivity index (χ3n) is 2.32. The summed E-state index contributed by atoms with van der Waals surface area (Å²) in [6.07, 6.45) is 5.04. The van der Waals surface area contributed by atoms with E-state index >= 15 is 0 Å². The minimum absolute atomic E-state index is 0.182. The molecule has 0 aliphatic heterocycles. The fourth-order valence-electron chi connectivity index (χ4n) is 1.40. The molecule has 5 nitrogen and oxygen atoms in total. The molecular weight excluding hydrogens is 220 g/mol. The van der Waals surface area contributed by atoms with Gasteiger partial charge in [-0.15, -0.1) is 0 Å². The molecule has 1 aromatic heterocycles. The van der Waals surface area contributed by atoms with Gasteiger partial charge < -0.3 is 9.47 Å². The zero-order valence-corrected chi connectivity index (χ0v) is 10.5. The van der Waals surface area contributed by atoms with Crippen molar-refractivity contribution in [3.05, 3.63) is 18.1 Å². The molecule has 0 aliphatic carbocycles. The predicted molar refractivity (Wildman–Crippen MR) is 62.9 cm³/mol. The molecule has 0 aliphatic rings. The number of hydrogen-bond donors (Lipinski definition) is 0. The molecule has 1 heterocycles. The van der Waals surface area contributed by atoms with Gasteiger partial charge in [0.1, 0.15) is 0 Å². The van der Waals surface area contributed by atoms with Gasteiger partial charge in [0.2, 0.25) is 5.88 Å². The van der Waals surface area contributed by atoms with Crippen LogP contribution in [0.5, 0.6) is 5.88 Å². The highest BCUT2D eigenvalue weighted by Crippen LogP contribution is 2.09. The first-order valence-electron chi connectivity index (χ1n) is 5.70. The summed E-state index contributed by atoms with van der Waals surface area (Å²) in [6, 6.07) is 0. The van der Waals surface area contributed by atoms with E-state index in [1.165, 1.54) is 19.5 Å². The van der Waals surface area contributed by atoms with Crippen molar-refractivity contribution < 1.29 is 14.3 Å². The van der Waals surface area contributed by atoms with E-state index in [-0.39, 0.29) is 5.69 Å². The molecule has 0 saturated heterocycles. The number of methoxy groups -OCH3 is 1. The Morgan fingerprint density at radius 1 is 1.41 bits per heavy atom. The van der Waals surface area contributed by atoms with Gasteiger partial charge in [0, 0.05) is 0 Å². The summed E-state index contributed by atoms with van der Waals surface area (Å²) in [5, 5.41) is 0. The average molecular weight is 238 g/mol. The minimum Gasteiger partial charge on any atom is -0.476 e. The molecule has 94 valence electrons. The summed E-state index contributed by atoms with van der Waals surface area (Å²) >= 11 is 0. The van der Waals surface area contributed by atoms with Crippen molar-refractivity contribution >= 4 is 5.97 Å². The van der Waals surface area contributed by atoms with Crippen LogP contribution >= 0.6 is 0 Å². The number of rotatable bonds is 6. The molecule has 0 aromatic carbocycles. The molecule has 0 fully saturated rings. The van der Waals surface area contributed by atoms with Crippen molar-refractivity contribution in [3.63, 3.8) is 0 Å². The van der Waals surface area contributed by atoms with Crippen LogP contribution in [0.15, 0.2) is 12.4 Å². The van der Waals surface area contributed by atoms with E-state index in [0.717, 1.165) is 12.8 Å². The molecule has 1 aromatic rings. The highest BCUT2D eigenvalue weighted by atomic mass is 16.5. The quantitative estimate of drug-likeness (QED) is 0.710. The normalized spacial score (nSPS) is 11.9. The Bertz CT molecular complexity index is 351. The number of esters is 1. The first kappa shape index (κ1) is 13.4. The maximum atomic E-state index is 11.1. The summed E-state index contributed by atoms with van der Waals surface area (Å²) in [6.45, 7) is 4.88. The Kier molecular flexibility index (Phi) is 5.39. The molecule has 0 saturated carbocycles. The van der Waals surface area contributed by atoms with Crippen molar-refractivity contribution in [3.8, 4) is 5.88 Å². The summed E-state index contributed by atoms with van der Waals surface area (Å²) < 4.78 is 9.99. The minimum atomic E-state index is -0.497. The van der Waals surface area contributed by atoms with E-state index in [2.05, 4.69) is 28.6 Å². The Balaban J connectivity index is 2.48. The number of hydrogen-bond acceptors (Lipinski definition) is 5. The lowest BCUT2D eigenvalue weighted by Gasteiger charge is -2.10. The van der Waals surface area contributed by atoms with Gasteiger partial charge in [0.25, 0.3) is 0 Å². The van der Waals surface area contributed by atoms with Gasteiger partial charge in [-0.3, -0.25) is 0 Å². The predicted octanol–water partition coefficient (Wildman–Crippen LogP) is 2.08. The molecule has 0 bridgehead atoms. The van der Waals surface area contributed by atoms with Crippen molar-refractivity contribution in [1.82, 2.24) is 9.97 Å². The second kappa shape index (κ2) is 6.83. The van der Waals surface area contributed by atoms with Crippen LogP contribution in [0, 0.1) is 5.92 Å². The number of aromatic nitrogens is 2. The number of ether oxygens (including phenoxy) is 2. The van der Waals surface area contributed by atoms with Crippen LogP contribution in [0.3, 0.4) is 0 Å². The van der Waals surface area contributed by atoms with Crippen LogP contribution < -0.4 is 4.74 Å². The summed E-state index contributed by atoms with van der Waals surface area (Å²) in [5.74, 6) is 0.422. The van der Waals surface area contributed by atoms with Gasteiger partial charge in [-0.25, -0.2) is 14.8 Å². The van der Waals surface area contributed by atoms with E-state index in [4.69, 9.17) is 4.74 Å². The van der Waals surface area contributed by atoms with E-state index in [1.54, 1.807) is 0 Å². The van der Waals surface area contributed by atoms with E-state index < -0.39 is 5.97 Å². The molecule has 0 radical (unpaired) electrons. The molecule has 1 unspecified atom stereocenters. The molecule has 0 amide bonds. The van der Waals surface area contributed by atoms with Crippen molar-refractivity contribution in [2.24, 2.45) is 5.92 Å². The fraction of sp³-hybridized carbons (Fsp3) is 0.583. The molecule has 5 heteroatoms. The Labute approximate surface area is 101 Å². The molecule has 0 N–H and O–H groups in total. The first-order chi connectivity index (χ1) is 8.17. The topological polar surface area (TPSA) is 61.3 Å². The van der Waals surface area contributed by atoms with Gasteiger partial charge in [0.05, 0.1) is 26.1 Å². The maximum Gasteiger partial charge on any atom is 0.358 e. The lowest BCUT2D eigenvalue weighted by Crippen LogP contribution is -2.10. The first-order valence-corrected chi connectivity index (χ1v) is 5.70. The molecule has 1 atom stereocenters. The van der Waals surface area contributed by atoms with E-state index in [1.807, 2.05) is 0 Å². The van der Waals surface area contributed by atoms with Crippen LogP contribution in [-0.2, 0) is 4.74 Å². The largest absolute Gasteiger partial charge is 0.476 e. The van der Waals surface area contributed by atoms with Gasteiger partial charge >= 0.3 is 5.97 Å². The monoisotopic (exact) mass is 238 g/mol. The summed E-state index contributed by atoms with van der Waals surface area (Å²) in [5.41, 5.74) is 0.182. The smallest absolute Gasteiger partial charge is 0.358 e. The van der Waals surface area contributed by atoms with Crippen LogP contribution in [-0.4, -0.2) is 29.7 Å². The van der Waals surface area contributed by atoms with Crippen molar-refractivity contribution in [1.29, 1.82) is 0 Å². The zero-order valence-electron chi connectivity index (χ0n) is 10.5. The SMILES string of the molecule is CCCC(C)COc1cnc(C(=O)OC)cn1. The molecule has 17 heavy (non-hydrogen) atoms. The van der Waals surface area contributed by atoms with Crippen molar-refractivity contribution in [2.45, 2.75) is 26.7 Å². The second-order valence-corrected chi connectivity index (χ2v) is 3.94. The molecule has 1 rings (SSSR count). The zero-order chi connectivity index (χ0) is 12.7. The van der Waals surface area contributed by atoms with Crippen molar-refractivity contribution in [2.75, 3.05) is 13.7 Å². The lowest BCUT2D eigenvalue weighted by molar-refractivity contribution is 0.0593. The van der Waals surface area contributed by atoms with Gasteiger partial charge in [-0.05, 0) is 12.3 Å². The van der Waals surface area contributed by atoms with Crippen LogP contribution in [0.1, 0.15) is 37.2 Å². The Morgan fingerprint density at radius 2 is 2.18 bits per heavy atom. The third kappa shape index (κ3) is 4.38. The standard InChI is InChI=1S/C12H18N2O3/c1-4-5-9(2)8-17-11-7-13-10(6-14-11)12(15)16-3/h6-7,9H,4-5,8H2,1-3H3. The summed E-state index contributed by atoms with van der Waals surface area (Å²) in [7, 11) is 1.31. The maximum absolute atomic E-state index is 11.1. The van der Waals surface area contributed by atoms with E-state index in [0.29, 0.717) is 18.4 Å². The van der Waals surface area contributed by atoms with Gasteiger partial charge in [0.15, 0.2) is 5.69 Å². The van der Waals surface area contributed by atoms with Crippen LogP contribution in [0.2, 0.25) is 0 Å². The Morgan fingerprint density at radius 3 is 2.71 bits per heavy atom. The summed E-state index contributed by atoms with van der Waals surface area (Å²) in [4.78, 5) is 19.0. The Hall–Kier alpha value is -1.65. The van der Waals surface area contributed by atoms with Crippen LogP contribution in [0.4, 0.5) is 0 Å². The highest BCUT2D eigenvalue weighted by Gasteiger charge is 2.08. The second-order valence-electron chi connectivity index (χ2n) is 3.94. The number of nitrogens with zero attached hydrogens (tertiary/aromatic N) is 2. The number of carbonyl (C=O) groups excluding carboxylic acids is 1. The lowest BCUT2D eigenvalue weighted by atomic mass is 10.1. The van der Waals surface area contributed by atoms with Gasteiger partial charge in [-0.1, -0.05) is 20.3 Å². The fourth-order valence-corrected chi connectivity index (χ4v) is 1.40. The van der Waals surface area contributed by atoms with Crippen LogP contribution in [0.25, 0.3) is 0 Å². The molecule has 0 spiro atoms. The third-order valence-corrected chi connectivity index (χ3v) is 2.32. The number of carbonyl (C=O) groups is 1. The van der Waals surface area contributed by atoms with E-state index in [9.17, 15) is 4.79 Å². The average Bonchev–Trinajstić information content (AvgIpc) is 2.36. The highest BCUT2D eigenvalue weighted by molar-refractivity contribution is 5.86.